The first-order valence-corrected chi connectivity index (χ1v) is 10.4. The number of ether oxygens (including phenoxy) is 2. The van der Waals surface area contributed by atoms with E-state index in [0.29, 0.717) is 11.1 Å². The molecular formula is C22H34N4O6. The molecule has 1 aromatic carbocycles. The number of alkyl carbamates (subject to hydrolysis) is 2. The molecule has 10 nitrogen and oxygen atoms in total. The highest BCUT2D eigenvalue weighted by molar-refractivity contribution is 5.97. The van der Waals surface area contributed by atoms with Crippen molar-refractivity contribution in [1.82, 2.24) is 21.3 Å². The van der Waals surface area contributed by atoms with Crippen molar-refractivity contribution in [2.45, 2.75) is 52.7 Å². The van der Waals surface area contributed by atoms with Gasteiger partial charge in [-0.15, -0.1) is 0 Å². The number of carbonyl (C=O) groups is 4. The summed E-state index contributed by atoms with van der Waals surface area (Å²) in [6, 6.07) is 6.13. The summed E-state index contributed by atoms with van der Waals surface area (Å²) in [4.78, 5) is 47.4. The molecule has 0 aromatic heterocycles. The number of hydrogen-bond acceptors (Lipinski definition) is 6. The summed E-state index contributed by atoms with van der Waals surface area (Å²) in [5, 5.41) is 10.4. The largest absolute Gasteiger partial charge is 0.444 e. The fraction of sp³-hybridized carbons (Fsp3) is 0.545. The fourth-order valence-corrected chi connectivity index (χ4v) is 2.29. The number of hydrogen-bond donors (Lipinski definition) is 4. The first kappa shape index (κ1) is 26.7. The lowest BCUT2D eigenvalue weighted by Crippen LogP contribution is -2.38. The van der Waals surface area contributed by atoms with Crippen LogP contribution >= 0.6 is 0 Å². The summed E-state index contributed by atoms with van der Waals surface area (Å²) in [6.45, 7) is 11.5. The van der Waals surface area contributed by atoms with Crippen LogP contribution in [-0.4, -0.2) is 61.4 Å². The SMILES string of the molecule is CC(C)(C)OC(=O)NCCNC(=O)c1ccc(C(=O)NCCNC(=O)OC(C)(C)C)cc1. The topological polar surface area (TPSA) is 135 Å². The van der Waals surface area contributed by atoms with Crippen LogP contribution in [0, 0.1) is 0 Å². The zero-order valence-electron chi connectivity index (χ0n) is 19.6. The monoisotopic (exact) mass is 450 g/mol. The average molecular weight is 451 g/mol. The van der Waals surface area contributed by atoms with Crippen molar-refractivity contribution in [1.29, 1.82) is 0 Å². The van der Waals surface area contributed by atoms with E-state index < -0.39 is 23.4 Å². The van der Waals surface area contributed by atoms with E-state index >= 15 is 0 Å². The number of nitrogens with one attached hydrogen (secondary N) is 4. The van der Waals surface area contributed by atoms with E-state index in [1.165, 1.54) is 24.3 Å². The second kappa shape index (κ2) is 11.9. The number of rotatable bonds is 8. The minimum atomic E-state index is -0.587. The molecule has 0 unspecified atom stereocenters. The zero-order chi connectivity index (χ0) is 24.4. The van der Waals surface area contributed by atoms with Gasteiger partial charge in [0.15, 0.2) is 0 Å². The molecular weight excluding hydrogens is 416 g/mol. The molecule has 32 heavy (non-hydrogen) atoms. The second-order valence-electron chi connectivity index (χ2n) is 8.95. The second-order valence-corrected chi connectivity index (χ2v) is 8.95. The molecule has 0 saturated carbocycles. The fourth-order valence-electron chi connectivity index (χ4n) is 2.29. The van der Waals surface area contributed by atoms with Crippen molar-refractivity contribution in [2.75, 3.05) is 26.2 Å². The quantitative estimate of drug-likeness (QED) is 0.449. The standard InChI is InChI=1S/C22H34N4O6/c1-21(2,3)31-19(29)25-13-11-23-17(27)15-7-9-16(10-8-15)18(28)24-12-14-26-20(30)32-22(4,5)6/h7-10H,11-14H2,1-6H3,(H,23,27)(H,24,28)(H,25,29)(H,26,30). The van der Waals surface area contributed by atoms with Crippen LogP contribution in [0.25, 0.3) is 0 Å². The number of amides is 4. The van der Waals surface area contributed by atoms with Crippen LogP contribution in [0.5, 0.6) is 0 Å². The van der Waals surface area contributed by atoms with Crippen LogP contribution in [0.15, 0.2) is 24.3 Å². The summed E-state index contributed by atoms with van der Waals surface area (Å²) in [6.07, 6.45) is -1.10. The van der Waals surface area contributed by atoms with Crippen LogP contribution in [0.3, 0.4) is 0 Å². The van der Waals surface area contributed by atoms with Gasteiger partial charge in [-0.25, -0.2) is 9.59 Å². The predicted octanol–water partition coefficient (Wildman–Crippen LogP) is 2.20. The maximum atomic E-state index is 12.2. The molecule has 0 bridgehead atoms. The first-order chi connectivity index (χ1) is 14.8. The zero-order valence-corrected chi connectivity index (χ0v) is 19.6. The molecule has 0 aliphatic carbocycles. The van der Waals surface area contributed by atoms with Gasteiger partial charge in [-0.05, 0) is 65.8 Å². The van der Waals surface area contributed by atoms with Gasteiger partial charge in [0.2, 0.25) is 0 Å². The molecule has 10 heteroatoms. The lowest BCUT2D eigenvalue weighted by Gasteiger charge is -2.19. The molecule has 0 fully saturated rings. The van der Waals surface area contributed by atoms with E-state index in [0.717, 1.165) is 0 Å². The molecule has 4 amide bonds. The Kier molecular flexibility index (Phi) is 9.96. The lowest BCUT2D eigenvalue weighted by atomic mass is 10.1. The van der Waals surface area contributed by atoms with Gasteiger partial charge in [-0.3, -0.25) is 9.59 Å². The van der Waals surface area contributed by atoms with Gasteiger partial charge >= 0.3 is 12.2 Å². The van der Waals surface area contributed by atoms with Crippen LogP contribution in [0.2, 0.25) is 0 Å². The Balaban J connectivity index is 2.34. The van der Waals surface area contributed by atoms with Crippen molar-refractivity contribution < 1.29 is 28.7 Å². The summed E-state index contributed by atoms with van der Waals surface area (Å²) in [7, 11) is 0. The summed E-state index contributed by atoms with van der Waals surface area (Å²) < 4.78 is 10.2. The van der Waals surface area contributed by atoms with Crippen LogP contribution < -0.4 is 21.3 Å². The normalized spacial score (nSPS) is 11.2. The molecule has 4 N–H and O–H groups in total. The molecule has 0 spiro atoms. The molecule has 0 heterocycles. The van der Waals surface area contributed by atoms with Gasteiger partial charge in [-0.1, -0.05) is 0 Å². The van der Waals surface area contributed by atoms with E-state index in [9.17, 15) is 19.2 Å². The maximum absolute atomic E-state index is 12.2. The highest BCUT2D eigenvalue weighted by Crippen LogP contribution is 2.07. The minimum Gasteiger partial charge on any atom is -0.444 e. The van der Waals surface area contributed by atoms with Gasteiger partial charge in [0, 0.05) is 37.3 Å². The first-order valence-electron chi connectivity index (χ1n) is 10.4. The molecule has 178 valence electrons. The van der Waals surface area contributed by atoms with Crippen molar-refractivity contribution in [3.63, 3.8) is 0 Å². The van der Waals surface area contributed by atoms with Crippen molar-refractivity contribution >= 4 is 24.0 Å². The molecule has 0 aliphatic rings. The van der Waals surface area contributed by atoms with E-state index in [4.69, 9.17) is 9.47 Å². The third-order valence-corrected chi connectivity index (χ3v) is 3.57. The molecule has 0 aliphatic heterocycles. The number of benzene rings is 1. The Morgan fingerprint density at radius 3 is 1.16 bits per heavy atom. The van der Waals surface area contributed by atoms with E-state index in [1.54, 1.807) is 41.5 Å². The minimum absolute atomic E-state index is 0.221. The Hall–Kier alpha value is -3.30. The van der Waals surface area contributed by atoms with E-state index in [2.05, 4.69) is 21.3 Å². The van der Waals surface area contributed by atoms with E-state index in [1.807, 2.05) is 0 Å². The van der Waals surface area contributed by atoms with Gasteiger partial charge < -0.3 is 30.7 Å². The highest BCUT2D eigenvalue weighted by Gasteiger charge is 2.16. The van der Waals surface area contributed by atoms with Crippen molar-refractivity contribution in [3.8, 4) is 0 Å². The van der Waals surface area contributed by atoms with Crippen LogP contribution in [-0.2, 0) is 9.47 Å². The Morgan fingerprint density at radius 1 is 0.594 bits per heavy atom. The molecule has 1 rings (SSSR count). The van der Waals surface area contributed by atoms with Gasteiger partial charge in [0.05, 0.1) is 0 Å². The van der Waals surface area contributed by atoms with Gasteiger partial charge in [0.25, 0.3) is 11.8 Å². The Morgan fingerprint density at radius 2 is 0.875 bits per heavy atom. The van der Waals surface area contributed by atoms with Crippen molar-refractivity contribution in [2.24, 2.45) is 0 Å². The average Bonchev–Trinajstić information content (AvgIpc) is 2.65. The highest BCUT2D eigenvalue weighted by atomic mass is 16.6. The van der Waals surface area contributed by atoms with Crippen LogP contribution in [0.4, 0.5) is 9.59 Å². The predicted molar refractivity (Wildman–Crippen MR) is 120 cm³/mol. The van der Waals surface area contributed by atoms with Crippen molar-refractivity contribution in [3.05, 3.63) is 35.4 Å². The Labute approximate surface area is 188 Å². The maximum Gasteiger partial charge on any atom is 0.407 e. The lowest BCUT2D eigenvalue weighted by molar-refractivity contribution is 0.0516. The summed E-state index contributed by atoms with van der Waals surface area (Å²) >= 11 is 0. The molecule has 0 radical (unpaired) electrons. The van der Waals surface area contributed by atoms with Crippen LogP contribution in [0.1, 0.15) is 62.3 Å². The van der Waals surface area contributed by atoms with Gasteiger partial charge in [0.1, 0.15) is 11.2 Å². The van der Waals surface area contributed by atoms with E-state index in [-0.39, 0.29) is 38.0 Å². The van der Waals surface area contributed by atoms with Gasteiger partial charge in [-0.2, -0.15) is 0 Å². The molecule has 0 saturated heterocycles. The summed E-state index contributed by atoms with van der Waals surface area (Å²) in [5.41, 5.74) is -0.415. The third-order valence-electron chi connectivity index (χ3n) is 3.57. The smallest absolute Gasteiger partial charge is 0.407 e. The number of carbonyl (C=O) groups excluding carboxylic acids is 4. The summed E-state index contributed by atoms with van der Waals surface area (Å²) in [5.74, 6) is -0.658. The molecule has 1 aromatic rings. The molecule has 0 atom stereocenters. The Bertz CT molecular complexity index is 727. The third kappa shape index (κ3) is 11.8.